The van der Waals surface area contributed by atoms with Gasteiger partial charge in [-0.3, -0.25) is 9.36 Å². The van der Waals surface area contributed by atoms with Gasteiger partial charge in [0.25, 0.3) is 5.56 Å². The van der Waals surface area contributed by atoms with Gasteiger partial charge < -0.3 is 14.2 Å². The lowest BCUT2D eigenvalue weighted by Crippen LogP contribution is -2.39. The summed E-state index contributed by atoms with van der Waals surface area (Å²) in [6.07, 6.45) is 1.83. The maximum Gasteiger partial charge on any atom is 0.338 e. The first-order valence-corrected chi connectivity index (χ1v) is 14.6. The SMILES string of the molecule is CCOc1cc(C=c2sc3n(c2=O)C(c2ccccc2)C(C(=O)OC)=C(C)N=3)cc(I)c1OCc1ccccc1. The number of allylic oxidation sites excluding steroid dienone is 1. The second-order valence-corrected chi connectivity index (χ2v) is 11.2. The van der Waals surface area contributed by atoms with E-state index in [0.29, 0.717) is 45.3 Å². The summed E-state index contributed by atoms with van der Waals surface area (Å²) in [5.41, 5.74) is 3.30. The van der Waals surface area contributed by atoms with Gasteiger partial charge in [0.15, 0.2) is 16.3 Å². The zero-order valence-corrected chi connectivity index (χ0v) is 25.2. The van der Waals surface area contributed by atoms with E-state index in [1.54, 1.807) is 11.5 Å². The van der Waals surface area contributed by atoms with Gasteiger partial charge in [0, 0.05) is 0 Å². The normalized spacial score (nSPS) is 14.9. The average Bonchev–Trinajstić information content (AvgIpc) is 3.26. The summed E-state index contributed by atoms with van der Waals surface area (Å²) in [6, 6.07) is 22.6. The number of halogens is 1. The Bertz CT molecular complexity index is 1760. The Morgan fingerprint density at radius 2 is 1.77 bits per heavy atom. The number of methoxy groups -OCH3 is 1. The Labute approximate surface area is 249 Å². The molecule has 0 amide bonds. The van der Waals surface area contributed by atoms with Gasteiger partial charge in [0.05, 0.1) is 39.1 Å². The highest BCUT2D eigenvalue weighted by atomic mass is 127. The third-order valence-electron chi connectivity index (χ3n) is 6.40. The third-order valence-corrected chi connectivity index (χ3v) is 8.18. The largest absolute Gasteiger partial charge is 0.490 e. The van der Waals surface area contributed by atoms with E-state index < -0.39 is 12.0 Å². The number of ether oxygens (including phenoxy) is 3. The van der Waals surface area contributed by atoms with Gasteiger partial charge in [-0.2, -0.15) is 0 Å². The first-order valence-electron chi connectivity index (χ1n) is 12.7. The minimum Gasteiger partial charge on any atom is -0.490 e. The van der Waals surface area contributed by atoms with Crippen molar-refractivity contribution in [2.75, 3.05) is 13.7 Å². The van der Waals surface area contributed by atoms with E-state index in [-0.39, 0.29) is 5.56 Å². The molecular weight excluding hydrogens is 639 g/mol. The molecule has 7 nitrogen and oxygen atoms in total. The smallest absolute Gasteiger partial charge is 0.338 e. The third kappa shape index (κ3) is 5.62. The Kier molecular flexibility index (Phi) is 8.51. The summed E-state index contributed by atoms with van der Waals surface area (Å²) < 4.78 is 20.1. The fourth-order valence-electron chi connectivity index (χ4n) is 4.60. The van der Waals surface area contributed by atoms with Crippen LogP contribution in [-0.2, 0) is 16.1 Å². The molecule has 0 saturated carbocycles. The average molecular weight is 667 g/mol. The minimum atomic E-state index is -0.639. The molecule has 0 radical (unpaired) electrons. The number of hydrogen-bond acceptors (Lipinski definition) is 7. The molecule has 204 valence electrons. The van der Waals surface area contributed by atoms with Crippen molar-refractivity contribution in [3.63, 3.8) is 0 Å². The molecule has 0 N–H and O–H groups in total. The van der Waals surface area contributed by atoms with Crippen LogP contribution in [0.2, 0.25) is 0 Å². The van der Waals surface area contributed by atoms with Crippen molar-refractivity contribution in [2.45, 2.75) is 26.5 Å². The molecule has 1 atom stereocenters. The Morgan fingerprint density at radius 1 is 1.07 bits per heavy atom. The highest BCUT2D eigenvalue weighted by molar-refractivity contribution is 14.1. The van der Waals surface area contributed by atoms with Crippen molar-refractivity contribution in [2.24, 2.45) is 4.99 Å². The quantitative estimate of drug-likeness (QED) is 0.196. The maximum absolute atomic E-state index is 13.8. The first-order chi connectivity index (χ1) is 19.4. The van der Waals surface area contributed by atoms with Crippen LogP contribution >= 0.6 is 33.9 Å². The zero-order valence-electron chi connectivity index (χ0n) is 22.2. The summed E-state index contributed by atoms with van der Waals surface area (Å²) in [5.74, 6) is 0.758. The van der Waals surface area contributed by atoms with Crippen LogP contribution < -0.4 is 24.4 Å². The van der Waals surface area contributed by atoms with E-state index in [4.69, 9.17) is 14.2 Å². The summed E-state index contributed by atoms with van der Waals surface area (Å²) in [4.78, 5) is 31.8. The van der Waals surface area contributed by atoms with Gasteiger partial charge in [-0.1, -0.05) is 72.0 Å². The van der Waals surface area contributed by atoms with Crippen LogP contribution in [0, 0.1) is 3.57 Å². The Hall–Kier alpha value is -3.70. The van der Waals surface area contributed by atoms with Crippen molar-refractivity contribution in [1.29, 1.82) is 0 Å². The number of benzene rings is 3. The number of carbonyl (C=O) groups excluding carboxylic acids is 1. The predicted molar refractivity (Wildman–Crippen MR) is 163 cm³/mol. The molecule has 40 heavy (non-hydrogen) atoms. The van der Waals surface area contributed by atoms with Crippen LogP contribution in [-0.4, -0.2) is 24.3 Å². The number of carbonyl (C=O) groups is 1. The van der Waals surface area contributed by atoms with Crippen LogP contribution in [0.4, 0.5) is 0 Å². The van der Waals surface area contributed by atoms with Crippen LogP contribution in [0.5, 0.6) is 11.5 Å². The molecule has 9 heteroatoms. The Morgan fingerprint density at radius 3 is 2.45 bits per heavy atom. The van der Waals surface area contributed by atoms with Crippen LogP contribution in [0.1, 0.15) is 36.6 Å². The topological polar surface area (TPSA) is 79.1 Å². The number of aromatic nitrogens is 1. The summed E-state index contributed by atoms with van der Waals surface area (Å²) >= 11 is 3.51. The fraction of sp³-hybridized carbons (Fsp3) is 0.194. The van der Waals surface area contributed by atoms with Gasteiger partial charge in [0.1, 0.15) is 6.61 Å². The molecule has 3 aromatic carbocycles. The lowest BCUT2D eigenvalue weighted by atomic mass is 9.96. The van der Waals surface area contributed by atoms with E-state index in [1.807, 2.05) is 85.8 Å². The van der Waals surface area contributed by atoms with Crippen molar-refractivity contribution in [3.05, 3.63) is 124 Å². The minimum absolute atomic E-state index is 0.233. The highest BCUT2D eigenvalue weighted by Gasteiger charge is 2.32. The number of thiazole rings is 1. The lowest BCUT2D eigenvalue weighted by Gasteiger charge is -2.24. The molecule has 1 unspecified atom stereocenters. The molecule has 0 spiro atoms. The molecule has 4 aromatic rings. The number of nitrogens with zero attached hydrogens (tertiary/aromatic N) is 2. The van der Waals surface area contributed by atoms with E-state index >= 15 is 0 Å². The van der Waals surface area contributed by atoms with E-state index in [9.17, 15) is 9.59 Å². The molecule has 0 bridgehead atoms. The van der Waals surface area contributed by atoms with Crippen molar-refractivity contribution >= 4 is 46.0 Å². The molecule has 2 heterocycles. The molecule has 0 saturated heterocycles. The Balaban J connectivity index is 1.59. The van der Waals surface area contributed by atoms with Crippen LogP contribution in [0.3, 0.4) is 0 Å². The van der Waals surface area contributed by atoms with E-state index in [1.165, 1.54) is 18.4 Å². The van der Waals surface area contributed by atoms with Crippen molar-refractivity contribution < 1.29 is 19.0 Å². The first kappa shape index (κ1) is 27.9. The molecule has 1 aliphatic rings. The number of hydrogen-bond donors (Lipinski definition) is 0. The van der Waals surface area contributed by atoms with Gasteiger partial charge in [0.2, 0.25) is 0 Å². The summed E-state index contributed by atoms with van der Waals surface area (Å²) in [7, 11) is 1.33. The number of esters is 1. The van der Waals surface area contributed by atoms with E-state index in [0.717, 1.165) is 20.3 Å². The van der Waals surface area contributed by atoms with Crippen LogP contribution in [0.15, 0.2) is 93.9 Å². The van der Waals surface area contributed by atoms with Gasteiger partial charge in [-0.15, -0.1) is 0 Å². The van der Waals surface area contributed by atoms with Crippen molar-refractivity contribution in [1.82, 2.24) is 4.57 Å². The molecule has 0 fully saturated rings. The second kappa shape index (κ2) is 12.2. The summed E-state index contributed by atoms with van der Waals surface area (Å²) in [5, 5.41) is 0. The lowest BCUT2D eigenvalue weighted by molar-refractivity contribution is -0.136. The van der Waals surface area contributed by atoms with E-state index in [2.05, 4.69) is 27.6 Å². The molecule has 5 rings (SSSR count). The number of rotatable bonds is 8. The maximum atomic E-state index is 13.8. The second-order valence-electron chi connectivity index (χ2n) is 9.02. The standard InChI is InChI=1S/C31H27IN2O5S/c1-4-38-24-16-21(15-23(32)28(24)39-18-20-11-7-5-8-12-20)17-25-29(35)34-27(22-13-9-6-10-14-22)26(30(36)37-3)19(2)33-31(34)40-25/h5-17,27H,4,18H2,1-3H3. The molecule has 1 aliphatic heterocycles. The molecular formula is C31H27IN2O5S. The van der Waals surface area contributed by atoms with Gasteiger partial charge in [-0.05, 0) is 71.3 Å². The predicted octanol–water partition coefficient (Wildman–Crippen LogP) is 4.99. The van der Waals surface area contributed by atoms with Crippen molar-refractivity contribution in [3.8, 4) is 11.5 Å². The molecule has 1 aromatic heterocycles. The van der Waals surface area contributed by atoms with Gasteiger partial charge in [-0.25, -0.2) is 9.79 Å². The fourth-order valence-corrected chi connectivity index (χ4v) is 6.43. The summed E-state index contributed by atoms with van der Waals surface area (Å²) in [6.45, 7) is 4.57. The monoisotopic (exact) mass is 666 g/mol. The van der Waals surface area contributed by atoms with Gasteiger partial charge >= 0.3 is 5.97 Å². The van der Waals surface area contributed by atoms with Crippen LogP contribution in [0.25, 0.3) is 6.08 Å². The highest BCUT2D eigenvalue weighted by Crippen LogP contribution is 2.35. The molecule has 0 aliphatic carbocycles. The zero-order chi connectivity index (χ0) is 28.2. The number of fused-ring (bicyclic) bond motifs is 1.